The van der Waals surface area contributed by atoms with E-state index in [1.165, 1.54) is 64.5 Å². The second-order valence-corrected chi connectivity index (χ2v) is 7.24. The number of hydrogen-bond donors (Lipinski definition) is 2. The molecule has 1 atom stereocenters. The molecule has 0 aromatic carbocycles. The number of carbonyl (C=O) groups excluding carboxylic acids is 1. The fourth-order valence-electron chi connectivity index (χ4n) is 4.46. The van der Waals surface area contributed by atoms with Crippen LogP contribution in [0.4, 0.5) is 0 Å². The van der Waals surface area contributed by atoms with Crippen LogP contribution in [0.5, 0.6) is 0 Å². The molecule has 2 aliphatic heterocycles. The van der Waals surface area contributed by atoms with Crippen LogP contribution in [0.15, 0.2) is 0 Å². The normalized spacial score (nSPS) is 30.2. The van der Waals surface area contributed by atoms with Gasteiger partial charge >= 0.3 is 0 Å². The van der Waals surface area contributed by atoms with Crippen molar-refractivity contribution in [2.45, 2.75) is 63.3 Å². The summed E-state index contributed by atoms with van der Waals surface area (Å²) in [6.45, 7) is 5.21. The Morgan fingerprint density at radius 3 is 2.48 bits per heavy atom. The number of hydrogen-bond acceptors (Lipinski definition) is 3. The molecule has 3 rings (SSSR count). The number of piperidine rings is 1. The molecule has 0 bridgehead atoms. The molecule has 1 aliphatic carbocycles. The second-order valence-electron chi connectivity index (χ2n) is 7.24. The molecule has 0 aromatic rings. The molecule has 0 aromatic heterocycles. The molecule has 0 spiro atoms. The zero-order valence-corrected chi connectivity index (χ0v) is 13.3. The molecule has 1 saturated carbocycles. The second kappa shape index (κ2) is 7.10. The third-order valence-electron chi connectivity index (χ3n) is 5.83. The Labute approximate surface area is 129 Å². The Bertz CT molecular complexity index is 340. The van der Waals surface area contributed by atoms with Crippen molar-refractivity contribution in [2.24, 2.45) is 5.92 Å². The third kappa shape index (κ3) is 3.59. The molecule has 4 nitrogen and oxygen atoms in total. The highest BCUT2D eigenvalue weighted by Crippen LogP contribution is 2.35. The van der Waals surface area contributed by atoms with Gasteiger partial charge < -0.3 is 10.6 Å². The van der Waals surface area contributed by atoms with E-state index in [0.29, 0.717) is 0 Å². The first kappa shape index (κ1) is 15.3. The minimum atomic E-state index is 0.201. The maximum absolute atomic E-state index is 12.3. The van der Waals surface area contributed by atoms with Gasteiger partial charge in [0, 0.05) is 18.6 Å². The molecular formula is C17H31N3O. The lowest BCUT2D eigenvalue weighted by molar-refractivity contribution is -0.125. The van der Waals surface area contributed by atoms with Crippen LogP contribution < -0.4 is 10.6 Å². The van der Waals surface area contributed by atoms with Gasteiger partial charge in [0.2, 0.25) is 5.91 Å². The topological polar surface area (TPSA) is 44.4 Å². The van der Waals surface area contributed by atoms with E-state index in [1.54, 1.807) is 0 Å². The van der Waals surface area contributed by atoms with Crippen LogP contribution >= 0.6 is 0 Å². The van der Waals surface area contributed by atoms with Crippen molar-refractivity contribution in [3.63, 3.8) is 0 Å². The first-order valence-corrected chi connectivity index (χ1v) is 9.04. The van der Waals surface area contributed by atoms with Gasteiger partial charge in [-0.3, -0.25) is 9.69 Å². The van der Waals surface area contributed by atoms with Gasteiger partial charge in [-0.1, -0.05) is 25.7 Å². The van der Waals surface area contributed by atoms with Gasteiger partial charge in [0.05, 0.1) is 5.92 Å². The van der Waals surface area contributed by atoms with Crippen LogP contribution in [0.3, 0.4) is 0 Å². The predicted octanol–water partition coefficient (Wildman–Crippen LogP) is 1.90. The number of likely N-dealkylation sites (tertiary alicyclic amines) is 1. The van der Waals surface area contributed by atoms with Crippen molar-refractivity contribution in [3.8, 4) is 0 Å². The van der Waals surface area contributed by atoms with Crippen LogP contribution in [-0.4, -0.2) is 49.1 Å². The van der Waals surface area contributed by atoms with Gasteiger partial charge in [0.15, 0.2) is 0 Å². The molecule has 21 heavy (non-hydrogen) atoms. The lowest BCUT2D eigenvalue weighted by Gasteiger charge is -2.48. The van der Waals surface area contributed by atoms with Crippen LogP contribution in [-0.2, 0) is 4.79 Å². The van der Waals surface area contributed by atoms with E-state index < -0.39 is 0 Å². The fourth-order valence-corrected chi connectivity index (χ4v) is 4.46. The number of carbonyl (C=O) groups is 1. The summed E-state index contributed by atoms with van der Waals surface area (Å²) in [6.07, 6.45) is 11.6. The molecule has 1 amide bonds. The number of rotatable bonds is 4. The quantitative estimate of drug-likeness (QED) is 0.832. The highest BCUT2D eigenvalue weighted by atomic mass is 16.1. The molecule has 3 aliphatic rings. The van der Waals surface area contributed by atoms with Gasteiger partial charge in [0.1, 0.15) is 0 Å². The third-order valence-corrected chi connectivity index (χ3v) is 5.83. The van der Waals surface area contributed by atoms with Crippen molar-refractivity contribution in [3.05, 3.63) is 0 Å². The van der Waals surface area contributed by atoms with E-state index in [2.05, 4.69) is 15.5 Å². The monoisotopic (exact) mass is 293 g/mol. The molecular weight excluding hydrogens is 262 g/mol. The van der Waals surface area contributed by atoms with E-state index >= 15 is 0 Å². The van der Waals surface area contributed by atoms with E-state index in [9.17, 15) is 4.79 Å². The molecule has 3 fully saturated rings. The van der Waals surface area contributed by atoms with Gasteiger partial charge in [-0.05, 0) is 51.7 Å². The molecule has 2 heterocycles. The summed E-state index contributed by atoms with van der Waals surface area (Å²) in [6, 6.07) is 0. The van der Waals surface area contributed by atoms with Gasteiger partial charge in [-0.2, -0.15) is 0 Å². The standard InChI is InChI=1S/C17H31N3O/c21-16(15-7-10-18-13-15)19-14-17(8-3-1-4-9-17)20-11-5-2-6-12-20/h15,18H,1-14H2,(H,19,21). The molecule has 0 radical (unpaired) electrons. The van der Waals surface area contributed by atoms with Crippen molar-refractivity contribution in [1.29, 1.82) is 0 Å². The van der Waals surface area contributed by atoms with E-state index in [0.717, 1.165) is 26.1 Å². The number of amides is 1. The first-order chi connectivity index (χ1) is 10.3. The smallest absolute Gasteiger partial charge is 0.224 e. The van der Waals surface area contributed by atoms with Gasteiger partial charge in [-0.25, -0.2) is 0 Å². The lowest BCUT2D eigenvalue weighted by atomic mass is 9.79. The molecule has 1 unspecified atom stereocenters. The highest BCUT2D eigenvalue weighted by Gasteiger charge is 2.39. The molecule has 2 saturated heterocycles. The fraction of sp³-hybridized carbons (Fsp3) is 0.941. The Kier molecular flexibility index (Phi) is 5.17. The summed E-state index contributed by atoms with van der Waals surface area (Å²) in [5.41, 5.74) is 0.264. The Morgan fingerprint density at radius 1 is 1.10 bits per heavy atom. The molecule has 2 N–H and O–H groups in total. The summed E-state index contributed by atoms with van der Waals surface area (Å²) >= 11 is 0. The largest absolute Gasteiger partial charge is 0.354 e. The van der Waals surface area contributed by atoms with Crippen LogP contribution in [0.1, 0.15) is 57.8 Å². The van der Waals surface area contributed by atoms with E-state index in [-0.39, 0.29) is 17.4 Å². The maximum Gasteiger partial charge on any atom is 0.224 e. The van der Waals surface area contributed by atoms with Crippen LogP contribution in [0, 0.1) is 5.92 Å². The Morgan fingerprint density at radius 2 is 1.81 bits per heavy atom. The minimum absolute atomic E-state index is 0.201. The maximum atomic E-state index is 12.3. The van der Waals surface area contributed by atoms with E-state index in [1.807, 2.05) is 0 Å². The van der Waals surface area contributed by atoms with Crippen LogP contribution in [0.25, 0.3) is 0 Å². The molecule has 120 valence electrons. The SMILES string of the molecule is O=C(NCC1(N2CCCCC2)CCCCC1)C1CCNC1. The average Bonchev–Trinajstić information content (AvgIpc) is 3.09. The first-order valence-electron chi connectivity index (χ1n) is 9.04. The van der Waals surface area contributed by atoms with Crippen molar-refractivity contribution in [1.82, 2.24) is 15.5 Å². The number of nitrogens with one attached hydrogen (secondary N) is 2. The van der Waals surface area contributed by atoms with Crippen LogP contribution in [0.2, 0.25) is 0 Å². The van der Waals surface area contributed by atoms with Crippen molar-refractivity contribution >= 4 is 5.91 Å². The van der Waals surface area contributed by atoms with Gasteiger partial charge in [0.25, 0.3) is 0 Å². The van der Waals surface area contributed by atoms with Crippen molar-refractivity contribution < 1.29 is 4.79 Å². The number of nitrogens with zero attached hydrogens (tertiary/aromatic N) is 1. The lowest BCUT2D eigenvalue weighted by Crippen LogP contribution is -2.58. The summed E-state index contributed by atoms with van der Waals surface area (Å²) in [5, 5.41) is 6.60. The summed E-state index contributed by atoms with van der Waals surface area (Å²) < 4.78 is 0. The Balaban J connectivity index is 1.60. The summed E-state index contributed by atoms with van der Waals surface area (Å²) in [4.78, 5) is 15.1. The Hall–Kier alpha value is -0.610. The predicted molar refractivity (Wildman–Crippen MR) is 85.2 cm³/mol. The van der Waals surface area contributed by atoms with E-state index in [4.69, 9.17) is 0 Å². The summed E-state index contributed by atoms with van der Waals surface area (Å²) in [7, 11) is 0. The minimum Gasteiger partial charge on any atom is -0.354 e. The summed E-state index contributed by atoms with van der Waals surface area (Å²) in [5.74, 6) is 0.481. The average molecular weight is 293 g/mol. The van der Waals surface area contributed by atoms with Gasteiger partial charge in [-0.15, -0.1) is 0 Å². The zero-order chi connectivity index (χ0) is 14.5. The van der Waals surface area contributed by atoms with Crippen molar-refractivity contribution in [2.75, 3.05) is 32.7 Å². The molecule has 4 heteroatoms. The zero-order valence-electron chi connectivity index (χ0n) is 13.3. The highest BCUT2D eigenvalue weighted by molar-refractivity contribution is 5.79.